The van der Waals surface area contributed by atoms with Crippen molar-refractivity contribution >= 4 is 5.91 Å². The van der Waals surface area contributed by atoms with Gasteiger partial charge in [0.05, 0.1) is 26.1 Å². The first-order valence-electron chi connectivity index (χ1n) is 7.21. The first-order chi connectivity index (χ1) is 11.0. The van der Waals surface area contributed by atoms with Crippen molar-refractivity contribution < 1.29 is 23.8 Å². The van der Waals surface area contributed by atoms with Gasteiger partial charge in [-0.15, -0.1) is 0 Å². The molecule has 1 unspecified atom stereocenters. The van der Waals surface area contributed by atoms with Gasteiger partial charge in [0.15, 0.2) is 0 Å². The Morgan fingerprint density at radius 2 is 1.87 bits per heavy atom. The van der Waals surface area contributed by atoms with Crippen molar-refractivity contribution in [1.82, 2.24) is 5.32 Å². The normalized spacial score (nSPS) is 13.2. The van der Waals surface area contributed by atoms with Crippen LogP contribution in [0.1, 0.15) is 23.0 Å². The zero-order valence-electron chi connectivity index (χ0n) is 13.5. The fourth-order valence-electron chi connectivity index (χ4n) is 2.29. The molecule has 1 heterocycles. The van der Waals surface area contributed by atoms with Gasteiger partial charge < -0.3 is 24.3 Å². The molecular formula is C17H21NO5. The summed E-state index contributed by atoms with van der Waals surface area (Å²) in [5.41, 5.74) is -0.839. The fourth-order valence-corrected chi connectivity index (χ4v) is 2.29. The summed E-state index contributed by atoms with van der Waals surface area (Å²) in [5, 5.41) is 13.1. The number of hydrogen-bond acceptors (Lipinski definition) is 5. The lowest BCUT2D eigenvalue weighted by Crippen LogP contribution is -2.42. The highest BCUT2D eigenvalue weighted by atomic mass is 16.5. The summed E-state index contributed by atoms with van der Waals surface area (Å²) in [6.45, 7) is 1.70. The van der Waals surface area contributed by atoms with Crippen LogP contribution in [0.2, 0.25) is 0 Å². The molecule has 1 amide bonds. The van der Waals surface area contributed by atoms with E-state index >= 15 is 0 Å². The maximum Gasteiger partial charge on any atom is 0.258 e. The number of ether oxygens (including phenoxy) is 2. The molecule has 1 aromatic heterocycles. The maximum absolute atomic E-state index is 12.4. The summed E-state index contributed by atoms with van der Waals surface area (Å²) in [7, 11) is 2.97. The second-order valence-corrected chi connectivity index (χ2v) is 5.47. The zero-order chi connectivity index (χ0) is 16.9. The smallest absolute Gasteiger partial charge is 0.258 e. The lowest BCUT2D eigenvalue weighted by molar-refractivity contribution is 0.0508. The number of hydrogen-bond donors (Lipinski definition) is 2. The molecule has 23 heavy (non-hydrogen) atoms. The van der Waals surface area contributed by atoms with E-state index in [1.54, 1.807) is 43.5 Å². The first-order valence-corrected chi connectivity index (χ1v) is 7.21. The van der Waals surface area contributed by atoms with Gasteiger partial charge in [-0.1, -0.05) is 6.07 Å². The summed E-state index contributed by atoms with van der Waals surface area (Å²) < 4.78 is 15.6. The zero-order valence-corrected chi connectivity index (χ0v) is 13.5. The molecule has 0 aliphatic rings. The second kappa shape index (κ2) is 7.19. The van der Waals surface area contributed by atoms with Crippen LogP contribution < -0.4 is 14.8 Å². The van der Waals surface area contributed by atoms with Crippen LogP contribution in [-0.2, 0) is 6.42 Å². The molecule has 0 saturated heterocycles. The van der Waals surface area contributed by atoms with E-state index < -0.39 is 5.60 Å². The predicted octanol–water partition coefficient (Wildman–Crippen LogP) is 2.02. The van der Waals surface area contributed by atoms with Gasteiger partial charge in [-0.2, -0.15) is 0 Å². The average Bonchev–Trinajstić information content (AvgIpc) is 3.03. The van der Waals surface area contributed by atoms with E-state index in [1.807, 2.05) is 0 Å². The van der Waals surface area contributed by atoms with E-state index in [2.05, 4.69) is 5.32 Å². The molecule has 2 rings (SSSR count). The Morgan fingerprint density at radius 3 is 2.39 bits per heavy atom. The Kier molecular flexibility index (Phi) is 5.28. The molecule has 0 saturated carbocycles. The van der Waals surface area contributed by atoms with E-state index in [-0.39, 0.29) is 12.5 Å². The van der Waals surface area contributed by atoms with E-state index in [0.717, 1.165) is 0 Å². The quantitative estimate of drug-likeness (QED) is 0.816. The highest BCUT2D eigenvalue weighted by Gasteiger charge is 2.25. The summed E-state index contributed by atoms with van der Waals surface area (Å²) in [6, 6.07) is 8.63. The average molecular weight is 319 g/mol. The predicted molar refractivity (Wildman–Crippen MR) is 84.9 cm³/mol. The molecular weight excluding hydrogens is 298 g/mol. The van der Waals surface area contributed by atoms with Crippen LogP contribution in [0.4, 0.5) is 0 Å². The second-order valence-electron chi connectivity index (χ2n) is 5.47. The van der Waals surface area contributed by atoms with Gasteiger partial charge in [0.1, 0.15) is 22.8 Å². The highest BCUT2D eigenvalue weighted by Crippen LogP contribution is 2.28. The maximum atomic E-state index is 12.4. The van der Waals surface area contributed by atoms with Crippen LogP contribution in [-0.4, -0.2) is 37.4 Å². The number of carbonyl (C=O) groups excluding carboxylic acids is 1. The number of rotatable bonds is 7. The number of aliphatic hydroxyl groups is 1. The third kappa shape index (κ3) is 4.26. The van der Waals surface area contributed by atoms with E-state index in [1.165, 1.54) is 14.2 Å². The minimum Gasteiger partial charge on any atom is -0.496 e. The molecule has 0 bridgehead atoms. The minimum absolute atomic E-state index is 0.0632. The Hall–Kier alpha value is -2.47. The standard InChI is InChI=1S/C17H21NO5/c1-17(20,10-12-6-5-9-23-12)11-18-16(19)15-13(21-2)7-4-8-14(15)22-3/h4-9,20H,10-11H2,1-3H3,(H,18,19). The molecule has 124 valence electrons. The topological polar surface area (TPSA) is 80.9 Å². The van der Waals surface area contributed by atoms with Crippen molar-refractivity contribution in [3.05, 3.63) is 47.9 Å². The third-order valence-electron chi connectivity index (χ3n) is 3.42. The van der Waals surface area contributed by atoms with Gasteiger partial charge in [-0.05, 0) is 31.2 Å². The minimum atomic E-state index is -1.14. The molecule has 1 atom stereocenters. The molecule has 0 aliphatic heterocycles. The molecule has 0 radical (unpaired) electrons. The molecule has 0 aliphatic carbocycles. The molecule has 0 fully saturated rings. The number of benzene rings is 1. The van der Waals surface area contributed by atoms with Crippen molar-refractivity contribution in [2.24, 2.45) is 0 Å². The van der Waals surface area contributed by atoms with Crippen molar-refractivity contribution in [2.75, 3.05) is 20.8 Å². The van der Waals surface area contributed by atoms with Crippen molar-refractivity contribution in [1.29, 1.82) is 0 Å². The Balaban J connectivity index is 2.07. The van der Waals surface area contributed by atoms with Crippen LogP contribution in [0.15, 0.2) is 41.0 Å². The van der Waals surface area contributed by atoms with Crippen molar-refractivity contribution in [3.63, 3.8) is 0 Å². The van der Waals surface area contributed by atoms with Crippen molar-refractivity contribution in [2.45, 2.75) is 18.9 Å². The van der Waals surface area contributed by atoms with E-state index in [4.69, 9.17) is 13.9 Å². The van der Waals surface area contributed by atoms with Gasteiger partial charge in [0, 0.05) is 13.0 Å². The number of amides is 1. The highest BCUT2D eigenvalue weighted by molar-refractivity contribution is 5.99. The number of nitrogens with one attached hydrogen (secondary N) is 1. The van der Waals surface area contributed by atoms with Crippen molar-refractivity contribution in [3.8, 4) is 11.5 Å². The van der Waals surface area contributed by atoms with Crippen LogP contribution in [0.25, 0.3) is 0 Å². The Labute approximate surface area is 135 Å². The number of furan rings is 1. The summed E-state index contributed by atoms with van der Waals surface area (Å²) in [6.07, 6.45) is 1.84. The molecule has 2 aromatic rings. The SMILES string of the molecule is COc1cccc(OC)c1C(=O)NCC(C)(O)Cc1ccco1. The monoisotopic (exact) mass is 319 g/mol. The van der Waals surface area contributed by atoms with Crippen LogP contribution in [0, 0.1) is 0 Å². The van der Waals surface area contributed by atoms with Gasteiger partial charge >= 0.3 is 0 Å². The summed E-state index contributed by atoms with van der Waals surface area (Å²) >= 11 is 0. The Morgan fingerprint density at radius 1 is 1.22 bits per heavy atom. The molecule has 6 heteroatoms. The lowest BCUT2D eigenvalue weighted by atomic mass is 10.0. The molecule has 0 spiro atoms. The van der Waals surface area contributed by atoms with Gasteiger partial charge in [-0.3, -0.25) is 4.79 Å². The number of carbonyl (C=O) groups is 1. The molecule has 1 aromatic carbocycles. The molecule has 6 nitrogen and oxygen atoms in total. The van der Waals surface area contributed by atoms with Crippen LogP contribution >= 0.6 is 0 Å². The fraction of sp³-hybridized carbons (Fsp3) is 0.353. The van der Waals surface area contributed by atoms with Gasteiger partial charge in [0.25, 0.3) is 5.91 Å². The third-order valence-corrected chi connectivity index (χ3v) is 3.42. The van der Waals surface area contributed by atoms with Gasteiger partial charge in [0.2, 0.25) is 0 Å². The number of methoxy groups -OCH3 is 2. The summed E-state index contributed by atoms with van der Waals surface area (Å²) in [4.78, 5) is 12.4. The first kappa shape index (κ1) is 16.9. The lowest BCUT2D eigenvalue weighted by Gasteiger charge is -2.23. The van der Waals surface area contributed by atoms with E-state index in [9.17, 15) is 9.90 Å². The van der Waals surface area contributed by atoms with Gasteiger partial charge in [-0.25, -0.2) is 0 Å². The summed E-state index contributed by atoms with van der Waals surface area (Å²) in [5.74, 6) is 1.10. The molecule has 2 N–H and O–H groups in total. The Bertz CT molecular complexity index is 627. The van der Waals surface area contributed by atoms with E-state index in [0.29, 0.717) is 29.2 Å². The van der Waals surface area contributed by atoms with Crippen LogP contribution in [0.5, 0.6) is 11.5 Å². The largest absolute Gasteiger partial charge is 0.496 e. The van der Waals surface area contributed by atoms with Crippen LogP contribution in [0.3, 0.4) is 0 Å².